The number of nitrogens with one attached hydrogen (secondary N) is 1. The molecule has 1 aromatic carbocycles. The molecule has 2 rings (SSSR count). The lowest BCUT2D eigenvalue weighted by Crippen LogP contribution is -2.44. The molecule has 0 radical (unpaired) electrons. The van der Waals surface area contributed by atoms with Crippen LogP contribution in [0.25, 0.3) is 0 Å². The van der Waals surface area contributed by atoms with Crippen molar-refractivity contribution < 1.29 is 9.18 Å². The number of nitrogens with zero attached hydrogens (tertiary/aromatic N) is 1. The molecule has 1 aliphatic heterocycles. The van der Waals surface area contributed by atoms with Gasteiger partial charge in [-0.3, -0.25) is 9.69 Å². The maximum Gasteiger partial charge on any atom is 0.223 e. The molecule has 3 nitrogen and oxygen atoms in total. The molecule has 0 unspecified atom stereocenters. The zero-order chi connectivity index (χ0) is 17.0. The second kappa shape index (κ2) is 8.11. The van der Waals surface area contributed by atoms with Crippen LogP contribution >= 0.6 is 11.6 Å². The van der Waals surface area contributed by atoms with E-state index < -0.39 is 0 Å². The Kier molecular flexibility index (Phi) is 6.42. The molecule has 0 aliphatic carbocycles. The zero-order valence-electron chi connectivity index (χ0n) is 14.1. The van der Waals surface area contributed by atoms with Crippen LogP contribution in [0.3, 0.4) is 0 Å². The Hall–Kier alpha value is -1.13. The first-order valence-electron chi connectivity index (χ1n) is 8.33. The monoisotopic (exact) mass is 340 g/mol. The minimum atomic E-state index is -0.261. The Bertz CT molecular complexity index is 542. The molecule has 1 saturated heterocycles. The van der Waals surface area contributed by atoms with Gasteiger partial charge in [-0.1, -0.05) is 31.5 Å². The molecule has 23 heavy (non-hydrogen) atoms. The quantitative estimate of drug-likeness (QED) is 0.883. The van der Waals surface area contributed by atoms with Crippen LogP contribution in [-0.2, 0) is 11.3 Å². The number of carbonyl (C=O) groups is 1. The molecule has 0 spiro atoms. The van der Waals surface area contributed by atoms with Crippen LogP contribution in [0.4, 0.5) is 4.39 Å². The number of rotatable bonds is 5. The van der Waals surface area contributed by atoms with Crippen molar-refractivity contribution in [3.63, 3.8) is 0 Å². The molecular formula is C18H26ClFN2O. The van der Waals surface area contributed by atoms with Crippen molar-refractivity contribution in [1.29, 1.82) is 0 Å². The number of halogens is 2. The van der Waals surface area contributed by atoms with Gasteiger partial charge in [0.15, 0.2) is 0 Å². The second-order valence-electron chi connectivity index (χ2n) is 6.83. The third-order valence-electron chi connectivity index (χ3n) is 4.74. The highest BCUT2D eigenvalue weighted by Gasteiger charge is 2.26. The average Bonchev–Trinajstić information content (AvgIpc) is 2.50. The number of hydrogen-bond acceptors (Lipinski definition) is 2. The largest absolute Gasteiger partial charge is 0.353 e. The Morgan fingerprint density at radius 3 is 2.57 bits per heavy atom. The summed E-state index contributed by atoms with van der Waals surface area (Å²) in [5, 5.41) is 3.51. The summed E-state index contributed by atoms with van der Waals surface area (Å²) < 4.78 is 13.9. The van der Waals surface area contributed by atoms with Crippen molar-refractivity contribution in [2.45, 2.75) is 46.2 Å². The van der Waals surface area contributed by atoms with Gasteiger partial charge in [0.25, 0.3) is 0 Å². The summed E-state index contributed by atoms with van der Waals surface area (Å²) in [6, 6.07) is 5.00. The van der Waals surface area contributed by atoms with Crippen LogP contribution in [-0.4, -0.2) is 29.9 Å². The molecule has 1 aliphatic rings. The van der Waals surface area contributed by atoms with E-state index in [1.165, 1.54) is 6.07 Å². The van der Waals surface area contributed by atoms with Gasteiger partial charge in [0.1, 0.15) is 5.82 Å². The predicted molar refractivity (Wildman–Crippen MR) is 91.9 cm³/mol. The number of carbonyl (C=O) groups excluding carboxylic acids is 1. The van der Waals surface area contributed by atoms with Gasteiger partial charge in [0, 0.05) is 29.1 Å². The summed E-state index contributed by atoms with van der Waals surface area (Å²) in [5.74, 6) is 0.404. The molecule has 1 heterocycles. The number of piperidine rings is 1. The standard InChI is InChI=1S/C18H26ClFN2O/c1-12(2)13(3)21-18(23)14-6-8-22(9-7-14)11-15-4-5-16(19)10-17(15)20/h4-5,10,12-14H,6-9,11H2,1-3H3,(H,21,23)/t13-/m0/s1. The lowest BCUT2D eigenvalue weighted by molar-refractivity contribution is -0.127. The Morgan fingerprint density at radius 2 is 2.00 bits per heavy atom. The fourth-order valence-corrected chi connectivity index (χ4v) is 2.91. The van der Waals surface area contributed by atoms with Gasteiger partial charge >= 0.3 is 0 Å². The predicted octanol–water partition coefficient (Wildman–Crippen LogP) is 3.85. The van der Waals surface area contributed by atoms with E-state index in [4.69, 9.17) is 11.6 Å². The van der Waals surface area contributed by atoms with E-state index in [-0.39, 0.29) is 23.7 Å². The van der Waals surface area contributed by atoms with Gasteiger partial charge in [0.05, 0.1) is 0 Å². The second-order valence-corrected chi connectivity index (χ2v) is 7.26. The molecule has 0 bridgehead atoms. The highest BCUT2D eigenvalue weighted by atomic mass is 35.5. The van der Waals surface area contributed by atoms with Gasteiger partial charge in [-0.05, 0) is 50.9 Å². The lowest BCUT2D eigenvalue weighted by Gasteiger charge is -2.32. The van der Waals surface area contributed by atoms with Crippen LogP contribution in [0.2, 0.25) is 5.02 Å². The Balaban J connectivity index is 1.83. The minimum Gasteiger partial charge on any atom is -0.353 e. The van der Waals surface area contributed by atoms with Crippen LogP contribution in [0, 0.1) is 17.7 Å². The zero-order valence-corrected chi connectivity index (χ0v) is 14.9. The van der Waals surface area contributed by atoms with Crippen LogP contribution in [0.15, 0.2) is 18.2 Å². The number of benzene rings is 1. The SMILES string of the molecule is CC(C)[C@H](C)NC(=O)C1CCN(Cc2ccc(Cl)cc2F)CC1. The van der Waals surface area contributed by atoms with Gasteiger partial charge < -0.3 is 5.32 Å². The van der Waals surface area contributed by atoms with Crippen molar-refractivity contribution in [3.8, 4) is 0 Å². The first-order chi connectivity index (χ1) is 10.9. The van der Waals surface area contributed by atoms with E-state index in [0.29, 0.717) is 23.0 Å². The average molecular weight is 341 g/mol. The normalized spacial score (nSPS) is 18.2. The third kappa shape index (κ3) is 5.18. The molecule has 0 aromatic heterocycles. The summed E-state index contributed by atoms with van der Waals surface area (Å²) in [4.78, 5) is 14.5. The van der Waals surface area contributed by atoms with Gasteiger partial charge in [-0.15, -0.1) is 0 Å². The van der Waals surface area contributed by atoms with Gasteiger partial charge in [-0.2, -0.15) is 0 Å². The van der Waals surface area contributed by atoms with E-state index in [1.807, 2.05) is 6.92 Å². The van der Waals surface area contributed by atoms with E-state index in [2.05, 4.69) is 24.1 Å². The Morgan fingerprint density at radius 1 is 1.35 bits per heavy atom. The van der Waals surface area contributed by atoms with Crippen molar-refractivity contribution in [2.24, 2.45) is 11.8 Å². The summed E-state index contributed by atoms with van der Waals surface area (Å²) in [5.41, 5.74) is 0.658. The molecule has 0 saturated carbocycles. The topological polar surface area (TPSA) is 32.3 Å². The molecule has 1 atom stereocenters. The summed E-state index contributed by atoms with van der Waals surface area (Å²) in [7, 11) is 0. The molecule has 5 heteroatoms. The van der Waals surface area contributed by atoms with E-state index in [9.17, 15) is 9.18 Å². The maximum absolute atomic E-state index is 13.9. The molecule has 1 N–H and O–H groups in total. The molecule has 128 valence electrons. The fourth-order valence-electron chi connectivity index (χ4n) is 2.75. The molecule has 1 fully saturated rings. The minimum absolute atomic E-state index is 0.0718. The highest BCUT2D eigenvalue weighted by molar-refractivity contribution is 6.30. The molecule has 1 aromatic rings. The number of amides is 1. The van der Waals surface area contributed by atoms with Crippen LogP contribution in [0.5, 0.6) is 0 Å². The summed E-state index contributed by atoms with van der Waals surface area (Å²) >= 11 is 5.78. The van der Waals surface area contributed by atoms with Crippen molar-refractivity contribution in [3.05, 3.63) is 34.6 Å². The van der Waals surface area contributed by atoms with Gasteiger partial charge in [-0.25, -0.2) is 4.39 Å². The van der Waals surface area contributed by atoms with Crippen LogP contribution < -0.4 is 5.32 Å². The van der Waals surface area contributed by atoms with E-state index >= 15 is 0 Å². The van der Waals surface area contributed by atoms with Crippen molar-refractivity contribution >= 4 is 17.5 Å². The summed E-state index contributed by atoms with van der Waals surface area (Å²) in [6.07, 6.45) is 1.65. The first-order valence-corrected chi connectivity index (χ1v) is 8.71. The van der Waals surface area contributed by atoms with Crippen LogP contribution in [0.1, 0.15) is 39.2 Å². The molecule has 1 amide bonds. The van der Waals surface area contributed by atoms with E-state index in [1.54, 1.807) is 12.1 Å². The fraction of sp³-hybridized carbons (Fsp3) is 0.611. The highest BCUT2D eigenvalue weighted by Crippen LogP contribution is 2.22. The van der Waals surface area contributed by atoms with Crippen molar-refractivity contribution in [2.75, 3.05) is 13.1 Å². The first kappa shape index (κ1) is 18.2. The molecular weight excluding hydrogens is 315 g/mol. The third-order valence-corrected chi connectivity index (χ3v) is 4.97. The van der Waals surface area contributed by atoms with Gasteiger partial charge in [0.2, 0.25) is 5.91 Å². The summed E-state index contributed by atoms with van der Waals surface area (Å²) in [6.45, 7) is 8.45. The Labute approximate surface area is 143 Å². The van der Waals surface area contributed by atoms with E-state index in [0.717, 1.165) is 25.9 Å². The van der Waals surface area contributed by atoms with Crippen molar-refractivity contribution in [1.82, 2.24) is 10.2 Å². The number of hydrogen-bond donors (Lipinski definition) is 1. The maximum atomic E-state index is 13.9. The lowest BCUT2D eigenvalue weighted by atomic mass is 9.94. The smallest absolute Gasteiger partial charge is 0.223 e. The number of likely N-dealkylation sites (tertiary alicyclic amines) is 1.